The van der Waals surface area contributed by atoms with Gasteiger partial charge in [-0.3, -0.25) is 14.6 Å². The SMILES string of the molecule is O=c1c2c(oc3ccccc13)=COOC=2. The molecule has 0 atom stereocenters. The molecule has 0 bridgehead atoms. The first kappa shape index (κ1) is 8.11. The van der Waals surface area contributed by atoms with Crippen molar-refractivity contribution in [2.45, 2.75) is 0 Å². The highest BCUT2D eigenvalue weighted by molar-refractivity contribution is 5.76. The molecule has 2 aromatic rings. The Morgan fingerprint density at radius 2 is 1.80 bits per heavy atom. The molecule has 0 aliphatic carbocycles. The molecule has 1 aliphatic heterocycles. The minimum Gasteiger partial charge on any atom is -0.452 e. The van der Waals surface area contributed by atoms with Crippen LogP contribution in [0, 0.1) is 0 Å². The Balaban J connectivity index is 2.65. The molecule has 0 saturated carbocycles. The molecule has 0 unspecified atom stereocenters. The lowest BCUT2D eigenvalue weighted by Crippen LogP contribution is -2.40. The molecule has 0 spiro atoms. The quantitative estimate of drug-likeness (QED) is 0.574. The molecule has 3 rings (SSSR count). The van der Waals surface area contributed by atoms with Gasteiger partial charge in [0.2, 0.25) is 5.43 Å². The van der Waals surface area contributed by atoms with Gasteiger partial charge in [0.25, 0.3) is 0 Å². The molecule has 74 valence electrons. The highest BCUT2D eigenvalue weighted by atomic mass is 17.2. The van der Waals surface area contributed by atoms with Crippen LogP contribution >= 0.6 is 0 Å². The molecule has 1 aromatic heterocycles. The van der Waals surface area contributed by atoms with Crippen LogP contribution in [0.25, 0.3) is 23.5 Å². The van der Waals surface area contributed by atoms with Crippen molar-refractivity contribution in [3.63, 3.8) is 0 Å². The van der Waals surface area contributed by atoms with Crippen LogP contribution in [-0.4, -0.2) is 0 Å². The summed E-state index contributed by atoms with van der Waals surface area (Å²) in [5.41, 5.74) is 0.799. The van der Waals surface area contributed by atoms with E-state index in [1.165, 1.54) is 12.5 Å². The Kier molecular flexibility index (Phi) is 1.56. The van der Waals surface area contributed by atoms with Crippen molar-refractivity contribution in [1.29, 1.82) is 0 Å². The summed E-state index contributed by atoms with van der Waals surface area (Å²) >= 11 is 0. The molecule has 0 saturated heterocycles. The van der Waals surface area contributed by atoms with Gasteiger partial charge in [0, 0.05) is 0 Å². The fraction of sp³-hybridized carbons (Fsp3) is 0. The Labute approximate surface area is 83.6 Å². The van der Waals surface area contributed by atoms with Gasteiger partial charge in [0.15, 0.2) is 17.9 Å². The zero-order chi connectivity index (χ0) is 10.3. The van der Waals surface area contributed by atoms with Crippen molar-refractivity contribution in [3.05, 3.63) is 45.1 Å². The number of hydrogen-bond donors (Lipinski definition) is 0. The van der Waals surface area contributed by atoms with E-state index in [2.05, 4.69) is 9.78 Å². The van der Waals surface area contributed by atoms with E-state index in [4.69, 9.17) is 4.42 Å². The fourth-order valence-corrected chi connectivity index (χ4v) is 1.52. The predicted octanol–water partition coefficient (Wildman–Crippen LogP) is 0.231. The molecule has 2 heterocycles. The van der Waals surface area contributed by atoms with Crippen molar-refractivity contribution < 1.29 is 14.2 Å². The van der Waals surface area contributed by atoms with E-state index in [9.17, 15) is 4.79 Å². The zero-order valence-corrected chi connectivity index (χ0v) is 7.60. The average molecular weight is 202 g/mol. The van der Waals surface area contributed by atoms with Crippen LogP contribution in [0.5, 0.6) is 0 Å². The summed E-state index contributed by atoms with van der Waals surface area (Å²) in [5.74, 6) is 0. The van der Waals surface area contributed by atoms with Crippen molar-refractivity contribution in [2.24, 2.45) is 0 Å². The van der Waals surface area contributed by atoms with Crippen LogP contribution in [0.1, 0.15) is 0 Å². The van der Waals surface area contributed by atoms with Gasteiger partial charge in [-0.2, -0.15) is 0 Å². The molecule has 1 aromatic carbocycles. The van der Waals surface area contributed by atoms with Gasteiger partial charge in [-0.15, -0.1) is 0 Å². The number of fused-ring (bicyclic) bond motifs is 2. The van der Waals surface area contributed by atoms with E-state index in [1.807, 2.05) is 6.07 Å². The maximum Gasteiger partial charge on any atom is 0.203 e. The summed E-state index contributed by atoms with van der Waals surface area (Å²) in [6, 6.07) is 7.04. The Morgan fingerprint density at radius 3 is 2.73 bits per heavy atom. The van der Waals surface area contributed by atoms with Crippen LogP contribution in [0.4, 0.5) is 0 Å². The molecular formula is C11H6O4. The minimum atomic E-state index is -0.119. The second kappa shape index (κ2) is 2.88. The van der Waals surface area contributed by atoms with Gasteiger partial charge >= 0.3 is 0 Å². The largest absolute Gasteiger partial charge is 0.452 e. The van der Waals surface area contributed by atoms with Gasteiger partial charge < -0.3 is 4.42 Å². The smallest absolute Gasteiger partial charge is 0.203 e. The number of para-hydroxylation sites is 1. The highest BCUT2D eigenvalue weighted by Crippen LogP contribution is 2.04. The highest BCUT2D eigenvalue weighted by Gasteiger charge is 2.06. The Morgan fingerprint density at radius 1 is 1.00 bits per heavy atom. The standard InChI is InChI=1S/C11H6O4/c12-11-7-3-1-2-4-9(7)15-10-6-14-13-5-8(10)11/h1-6H. The van der Waals surface area contributed by atoms with Gasteiger partial charge in [-0.05, 0) is 12.1 Å². The van der Waals surface area contributed by atoms with E-state index in [-0.39, 0.29) is 5.43 Å². The number of hydrogen-bond acceptors (Lipinski definition) is 4. The van der Waals surface area contributed by atoms with Crippen molar-refractivity contribution in [2.75, 3.05) is 0 Å². The number of benzene rings is 1. The molecule has 4 heteroatoms. The predicted molar refractivity (Wildman–Crippen MR) is 52.8 cm³/mol. The lowest BCUT2D eigenvalue weighted by molar-refractivity contribution is -0.152. The zero-order valence-electron chi connectivity index (χ0n) is 7.60. The van der Waals surface area contributed by atoms with Crippen LogP contribution < -0.4 is 16.1 Å². The molecule has 0 amide bonds. The van der Waals surface area contributed by atoms with E-state index in [0.717, 1.165) is 0 Å². The fourth-order valence-electron chi connectivity index (χ4n) is 1.52. The first-order chi connectivity index (χ1) is 7.36. The maximum absolute atomic E-state index is 11.9. The van der Waals surface area contributed by atoms with Crippen molar-refractivity contribution >= 4 is 23.5 Å². The van der Waals surface area contributed by atoms with E-state index in [1.54, 1.807) is 18.2 Å². The first-order valence-corrected chi connectivity index (χ1v) is 4.41. The van der Waals surface area contributed by atoms with Crippen molar-refractivity contribution in [1.82, 2.24) is 0 Å². The van der Waals surface area contributed by atoms with Crippen LogP contribution in [-0.2, 0) is 9.78 Å². The lowest BCUT2D eigenvalue weighted by Gasteiger charge is -2.02. The summed E-state index contributed by atoms with van der Waals surface area (Å²) in [6.07, 6.45) is 2.51. The molecule has 0 fully saturated rings. The van der Waals surface area contributed by atoms with Gasteiger partial charge in [0.1, 0.15) is 10.8 Å². The summed E-state index contributed by atoms with van der Waals surface area (Å²) in [5, 5.41) is 0.909. The first-order valence-electron chi connectivity index (χ1n) is 4.41. The average Bonchev–Trinajstić information content (AvgIpc) is 2.30. The molecule has 0 N–H and O–H groups in total. The van der Waals surface area contributed by atoms with Gasteiger partial charge in [0.05, 0.1) is 5.39 Å². The van der Waals surface area contributed by atoms with Crippen LogP contribution in [0.3, 0.4) is 0 Å². The van der Waals surface area contributed by atoms with Gasteiger partial charge in [-0.25, -0.2) is 0 Å². The maximum atomic E-state index is 11.9. The molecule has 4 nitrogen and oxygen atoms in total. The minimum absolute atomic E-state index is 0.119. The monoisotopic (exact) mass is 202 g/mol. The van der Waals surface area contributed by atoms with E-state index in [0.29, 0.717) is 21.6 Å². The van der Waals surface area contributed by atoms with Gasteiger partial charge in [-0.1, -0.05) is 12.1 Å². The summed E-state index contributed by atoms with van der Waals surface area (Å²) in [4.78, 5) is 21.1. The third kappa shape index (κ3) is 1.11. The normalized spacial score (nSPS) is 13.1. The Bertz CT molecular complexity index is 697. The lowest BCUT2D eigenvalue weighted by atomic mass is 10.2. The Hall–Kier alpha value is -2.23. The third-order valence-electron chi connectivity index (χ3n) is 2.24. The summed E-state index contributed by atoms with van der Waals surface area (Å²) < 4.78 is 5.47. The second-order valence-electron chi connectivity index (χ2n) is 3.13. The van der Waals surface area contributed by atoms with E-state index < -0.39 is 0 Å². The summed E-state index contributed by atoms with van der Waals surface area (Å²) in [6.45, 7) is 0. The second-order valence-corrected chi connectivity index (χ2v) is 3.13. The van der Waals surface area contributed by atoms with E-state index >= 15 is 0 Å². The van der Waals surface area contributed by atoms with Crippen LogP contribution in [0.2, 0.25) is 0 Å². The molecule has 1 aliphatic rings. The molecular weight excluding hydrogens is 196 g/mol. The van der Waals surface area contributed by atoms with Crippen molar-refractivity contribution in [3.8, 4) is 0 Å². The number of rotatable bonds is 0. The topological polar surface area (TPSA) is 48.7 Å². The summed E-state index contributed by atoms with van der Waals surface area (Å²) in [7, 11) is 0. The molecule has 0 radical (unpaired) electrons. The molecule has 15 heavy (non-hydrogen) atoms. The van der Waals surface area contributed by atoms with Crippen LogP contribution in [0.15, 0.2) is 33.5 Å². The third-order valence-corrected chi connectivity index (χ3v) is 2.24.